The van der Waals surface area contributed by atoms with Gasteiger partial charge in [0.25, 0.3) is 5.56 Å². The van der Waals surface area contributed by atoms with E-state index in [4.69, 9.17) is 9.47 Å². The summed E-state index contributed by atoms with van der Waals surface area (Å²) in [5.41, 5.74) is 2.84. The van der Waals surface area contributed by atoms with Crippen LogP contribution in [-0.2, 0) is 30.6 Å². The summed E-state index contributed by atoms with van der Waals surface area (Å²) in [4.78, 5) is 24.6. The smallest absolute Gasteiger partial charge is 0.267 e. The molecule has 1 aliphatic heterocycles. The van der Waals surface area contributed by atoms with Crippen LogP contribution >= 0.6 is 0 Å². The molecule has 2 aromatic rings. The van der Waals surface area contributed by atoms with Gasteiger partial charge in [-0.1, -0.05) is 6.07 Å². The monoisotopic (exact) mass is 369 g/mol. The van der Waals surface area contributed by atoms with E-state index >= 15 is 0 Å². The molecular weight excluding hydrogens is 346 g/mol. The van der Waals surface area contributed by atoms with Crippen molar-refractivity contribution in [2.24, 2.45) is 0 Å². The molecule has 7 nitrogen and oxygen atoms in total. The Morgan fingerprint density at radius 2 is 2.04 bits per heavy atom. The topological polar surface area (TPSA) is 82.5 Å². The molecule has 0 radical (unpaired) electrons. The zero-order chi connectivity index (χ0) is 18.8. The first-order valence-corrected chi connectivity index (χ1v) is 9.36. The maximum absolute atomic E-state index is 12.3. The Labute approximate surface area is 157 Å². The molecule has 1 amide bonds. The van der Waals surface area contributed by atoms with Gasteiger partial charge in [0, 0.05) is 12.1 Å². The molecule has 0 fully saturated rings. The summed E-state index contributed by atoms with van der Waals surface area (Å²) in [5, 5.41) is 7.45. The summed E-state index contributed by atoms with van der Waals surface area (Å²) >= 11 is 0. The molecule has 0 saturated carbocycles. The molecule has 142 valence electrons. The number of aromatic nitrogens is 2. The zero-order valence-corrected chi connectivity index (χ0v) is 15.4. The first kappa shape index (κ1) is 17.6. The number of hydrogen-bond donors (Lipinski definition) is 1. The molecule has 2 aliphatic rings. The molecular formula is C20H23N3O4. The van der Waals surface area contributed by atoms with Crippen molar-refractivity contribution < 1.29 is 14.3 Å². The summed E-state index contributed by atoms with van der Waals surface area (Å²) in [6, 6.07) is 6.99. The van der Waals surface area contributed by atoms with Crippen LogP contribution in [0.25, 0.3) is 0 Å². The number of nitrogens with zero attached hydrogens (tertiary/aromatic N) is 2. The maximum Gasteiger partial charge on any atom is 0.267 e. The van der Waals surface area contributed by atoms with Crippen LogP contribution < -0.4 is 20.3 Å². The Morgan fingerprint density at radius 1 is 1.22 bits per heavy atom. The molecule has 0 unspecified atom stereocenters. The Morgan fingerprint density at radius 3 is 2.93 bits per heavy atom. The van der Waals surface area contributed by atoms with Gasteiger partial charge in [0.2, 0.25) is 12.7 Å². The normalized spacial score (nSPS) is 15.9. The molecule has 0 saturated heterocycles. The molecule has 1 aliphatic carbocycles. The van der Waals surface area contributed by atoms with Gasteiger partial charge in [-0.2, -0.15) is 5.10 Å². The van der Waals surface area contributed by atoms with E-state index in [1.165, 1.54) is 4.68 Å². The first-order chi connectivity index (χ1) is 13.1. The highest BCUT2D eigenvalue weighted by Crippen LogP contribution is 2.32. The molecule has 7 heteroatoms. The van der Waals surface area contributed by atoms with E-state index in [0.717, 1.165) is 42.5 Å². The second-order valence-electron chi connectivity index (χ2n) is 7.18. The van der Waals surface area contributed by atoms with Crippen LogP contribution in [0.4, 0.5) is 0 Å². The number of carbonyl (C=O) groups is 1. The van der Waals surface area contributed by atoms with Gasteiger partial charge < -0.3 is 14.8 Å². The summed E-state index contributed by atoms with van der Waals surface area (Å²) in [5.74, 6) is 1.26. The van der Waals surface area contributed by atoms with Crippen molar-refractivity contribution in [1.82, 2.24) is 15.1 Å². The molecule has 1 atom stereocenters. The molecule has 0 spiro atoms. The van der Waals surface area contributed by atoms with E-state index in [-0.39, 0.29) is 30.7 Å². The van der Waals surface area contributed by atoms with Crippen LogP contribution in [0.1, 0.15) is 36.6 Å². The molecule has 27 heavy (non-hydrogen) atoms. The predicted molar refractivity (Wildman–Crippen MR) is 99.0 cm³/mol. The van der Waals surface area contributed by atoms with Gasteiger partial charge in [-0.3, -0.25) is 9.59 Å². The third-order valence-electron chi connectivity index (χ3n) is 4.93. The quantitative estimate of drug-likeness (QED) is 0.866. The summed E-state index contributed by atoms with van der Waals surface area (Å²) in [6.45, 7) is 2.45. The molecule has 1 N–H and O–H groups in total. The Kier molecular flexibility index (Phi) is 4.83. The van der Waals surface area contributed by atoms with E-state index in [1.807, 2.05) is 25.1 Å². The summed E-state index contributed by atoms with van der Waals surface area (Å²) in [7, 11) is 0. The van der Waals surface area contributed by atoms with E-state index in [2.05, 4.69) is 10.4 Å². The maximum atomic E-state index is 12.3. The minimum Gasteiger partial charge on any atom is -0.454 e. The molecule has 0 bridgehead atoms. The molecule has 2 heterocycles. The summed E-state index contributed by atoms with van der Waals surface area (Å²) in [6.07, 6.45) is 4.32. The van der Waals surface area contributed by atoms with Crippen LogP contribution in [0, 0.1) is 0 Å². The first-order valence-electron chi connectivity index (χ1n) is 9.36. The van der Waals surface area contributed by atoms with Gasteiger partial charge >= 0.3 is 0 Å². The third kappa shape index (κ3) is 3.97. The van der Waals surface area contributed by atoms with Crippen LogP contribution in [0.3, 0.4) is 0 Å². The van der Waals surface area contributed by atoms with Gasteiger partial charge in [-0.15, -0.1) is 0 Å². The average molecular weight is 369 g/mol. The van der Waals surface area contributed by atoms with Crippen LogP contribution in [0.15, 0.2) is 29.1 Å². The second-order valence-corrected chi connectivity index (χ2v) is 7.18. The van der Waals surface area contributed by atoms with Crippen molar-refractivity contribution in [2.45, 2.75) is 51.6 Å². The largest absolute Gasteiger partial charge is 0.454 e. The fourth-order valence-corrected chi connectivity index (χ4v) is 3.60. The lowest BCUT2D eigenvalue weighted by Gasteiger charge is -2.18. The summed E-state index contributed by atoms with van der Waals surface area (Å²) < 4.78 is 12.1. The Balaban J connectivity index is 1.37. The molecule has 1 aromatic heterocycles. The highest BCUT2D eigenvalue weighted by Gasteiger charge is 2.17. The minimum absolute atomic E-state index is 0.104. The van der Waals surface area contributed by atoms with E-state index in [1.54, 1.807) is 6.07 Å². The minimum atomic E-state index is -0.196. The predicted octanol–water partition coefficient (Wildman–Crippen LogP) is 1.60. The lowest BCUT2D eigenvalue weighted by atomic mass is 9.97. The second kappa shape index (κ2) is 7.42. The number of nitrogens with one attached hydrogen (secondary N) is 1. The van der Waals surface area contributed by atoms with Crippen molar-refractivity contribution in [1.29, 1.82) is 0 Å². The van der Waals surface area contributed by atoms with Gasteiger partial charge in [-0.05, 0) is 55.9 Å². The van der Waals surface area contributed by atoms with Crippen LogP contribution in [-0.4, -0.2) is 28.5 Å². The SMILES string of the molecule is C[C@@H](Cn1nc2c(cc1=O)CCCC2)NC(=O)Cc1ccc2c(c1)OCO2. The average Bonchev–Trinajstić information content (AvgIpc) is 3.10. The number of carbonyl (C=O) groups excluding carboxylic acids is 1. The van der Waals surface area contributed by atoms with Crippen molar-refractivity contribution in [3.05, 3.63) is 51.4 Å². The number of aryl methyl sites for hydroxylation is 2. The van der Waals surface area contributed by atoms with Crippen LogP contribution in [0.2, 0.25) is 0 Å². The zero-order valence-electron chi connectivity index (χ0n) is 15.4. The number of fused-ring (bicyclic) bond motifs is 2. The lowest BCUT2D eigenvalue weighted by Crippen LogP contribution is -2.40. The lowest BCUT2D eigenvalue weighted by molar-refractivity contribution is -0.121. The van der Waals surface area contributed by atoms with Crippen molar-refractivity contribution in [3.63, 3.8) is 0 Å². The van der Waals surface area contributed by atoms with Gasteiger partial charge in [0.05, 0.1) is 18.7 Å². The number of benzene rings is 1. The standard InChI is InChI=1S/C20H23N3O4/c1-13(11-23-20(25)10-15-4-2-3-5-16(15)22-23)21-19(24)9-14-6-7-17-18(8-14)27-12-26-17/h6-8,10,13H,2-5,9,11-12H2,1H3,(H,21,24)/t13-/m0/s1. The Bertz CT molecular complexity index is 922. The number of hydrogen-bond acceptors (Lipinski definition) is 5. The highest BCUT2D eigenvalue weighted by molar-refractivity contribution is 5.79. The number of ether oxygens (including phenoxy) is 2. The van der Waals surface area contributed by atoms with Crippen molar-refractivity contribution in [3.8, 4) is 11.5 Å². The highest BCUT2D eigenvalue weighted by atomic mass is 16.7. The van der Waals surface area contributed by atoms with Gasteiger partial charge in [0.1, 0.15) is 0 Å². The number of amides is 1. The van der Waals surface area contributed by atoms with Crippen molar-refractivity contribution in [2.75, 3.05) is 6.79 Å². The van der Waals surface area contributed by atoms with Gasteiger partial charge in [-0.25, -0.2) is 4.68 Å². The molecule has 1 aromatic carbocycles. The van der Waals surface area contributed by atoms with Gasteiger partial charge in [0.15, 0.2) is 11.5 Å². The van der Waals surface area contributed by atoms with Crippen LogP contribution in [0.5, 0.6) is 11.5 Å². The van der Waals surface area contributed by atoms with E-state index in [0.29, 0.717) is 18.0 Å². The molecule has 4 rings (SSSR count). The third-order valence-corrected chi connectivity index (χ3v) is 4.93. The number of rotatable bonds is 5. The fraction of sp³-hybridized carbons (Fsp3) is 0.450. The Hall–Kier alpha value is -2.83. The van der Waals surface area contributed by atoms with Crippen molar-refractivity contribution >= 4 is 5.91 Å². The van der Waals surface area contributed by atoms with E-state index in [9.17, 15) is 9.59 Å². The van der Waals surface area contributed by atoms with E-state index < -0.39 is 0 Å². The fourth-order valence-electron chi connectivity index (χ4n) is 3.60.